The number of nitrogens with one attached hydrogen (secondary N) is 1. The lowest BCUT2D eigenvalue weighted by atomic mass is 10.0. The van der Waals surface area contributed by atoms with Gasteiger partial charge in [-0.2, -0.15) is 0 Å². The molecule has 1 amide bonds. The average molecular weight is 517 g/mol. The van der Waals surface area contributed by atoms with Crippen molar-refractivity contribution in [3.05, 3.63) is 67.4 Å². The standard InChI is InChI=1S/C21H20Cl3N3O4S/c1-10(2)18(30)12-6-16(27(9-12)8-11-3-4-13(22)14(23)5-11)20(31)26-21-25-15(7-17(28)29)19(24)32-21/h3-6,9-10,18,30H,7-8H2,1-2H3,(H,28,29)(H,25,26,31). The molecule has 2 aromatic heterocycles. The summed E-state index contributed by atoms with van der Waals surface area (Å²) in [6.45, 7) is 4.07. The highest BCUT2D eigenvalue weighted by atomic mass is 35.5. The summed E-state index contributed by atoms with van der Waals surface area (Å²) in [5.74, 6) is -1.60. The lowest BCUT2D eigenvalue weighted by Gasteiger charge is -2.12. The monoisotopic (exact) mass is 515 g/mol. The Balaban J connectivity index is 1.91. The Hall–Kier alpha value is -2.10. The number of halogens is 3. The van der Waals surface area contributed by atoms with Crippen molar-refractivity contribution in [3.8, 4) is 0 Å². The number of benzene rings is 1. The summed E-state index contributed by atoms with van der Waals surface area (Å²) < 4.78 is 1.90. The van der Waals surface area contributed by atoms with Crippen molar-refractivity contribution >= 4 is 63.1 Å². The van der Waals surface area contributed by atoms with E-state index in [4.69, 9.17) is 39.9 Å². The van der Waals surface area contributed by atoms with Gasteiger partial charge in [-0.1, -0.05) is 66.1 Å². The summed E-state index contributed by atoms with van der Waals surface area (Å²) in [4.78, 5) is 28.1. The topological polar surface area (TPSA) is 104 Å². The molecule has 1 aromatic carbocycles. The van der Waals surface area contributed by atoms with Crippen LogP contribution in [0.15, 0.2) is 30.5 Å². The Labute approximate surface area is 203 Å². The van der Waals surface area contributed by atoms with Gasteiger partial charge >= 0.3 is 5.97 Å². The average Bonchev–Trinajstić information content (AvgIpc) is 3.27. The van der Waals surface area contributed by atoms with E-state index < -0.39 is 18.0 Å². The van der Waals surface area contributed by atoms with Gasteiger partial charge in [-0.3, -0.25) is 14.9 Å². The molecular formula is C21H20Cl3N3O4S. The van der Waals surface area contributed by atoms with Gasteiger partial charge < -0.3 is 14.8 Å². The van der Waals surface area contributed by atoms with Gasteiger partial charge in [0.05, 0.1) is 28.3 Å². The van der Waals surface area contributed by atoms with Gasteiger partial charge in [-0.05, 0) is 35.2 Å². The molecule has 0 aliphatic rings. The first kappa shape index (κ1) is 24.5. The van der Waals surface area contributed by atoms with Crippen LogP contribution in [-0.2, 0) is 17.8 Å². The summed E-state index contributed by atoms with van der Waals surface area (Å²) in [5.41, 5.74) is 1.88. The summed E-state index contributed by atoms with van der Waals surface area (Å²) in [6.07, 6.45) is 0.615. The molecule has 0 aliphatic heterocycles. The number of carbonyl (C=O) groups excluding carboxylic acids is 1. The number of aliphatic carboxylic acids is 1. The first-order valence-electron chi connectivity index (χ1n) is 9.55. The van der Waals surface area contributed by atoms with Crippen LogP contribution in [0.4, 0.5) is 5.13 Å². The number of aliphatic hydroxyl groups excluding tert-OH is 1. The molecule has 2 heterocycles. The number of aliphatic hydroxyl groups is 1. The normalized spacial score (nSPS) is 12.2. The van der Waals surface area contributed by atoms with Crippen molar-refractivity contribution in [2.45, 2.75) is 32.9 Å². The second-order valence-electron chi connectivity index (χ2n) is 7.49. The van der Waals surface area contributed by atoms with Gasteiger partial charge in [0.15, 0.2) is 5.13 Å². The fraction of sp³-hybridized carbons (Fsp3) is 0.286. The molecule has 7 nitrogen and oxygen atoms in total. The predicted molar refractivity (Wildman–Crippen MR) is 126 cm³/mol. The van der Waals surface area contributed by atoms with Crippen LogP contribution < -0.4 is 5.32 Å². The maximum absolute atomic E-state index is 13.0. The van der Waals surface area contributed by atoms with Gasteiger partial charge in [0.1, 0.15) is 10.0 Å². The minimum atomic E-state index is -1.07. The Morgan fingerprint density at radius 2 is 1.91 bits per heavy atom. The van der Waals surface area contributed by atoms with E-state index in [1.807, 2.05) is 13.8 Å². The Morgan fingerprint density at radius 3 is 2.53 bits per heavy atom. The zero-order valence-corrected chi connectivity index (χ0v) is 20.2. The van der Waals surface area contributed by atoms with Crippen LogP contribution >= 0.6 is 46.1 Å². The van der Waals surface area contributed by atoms with E-state index in [0.717, 1.165) is 16.9 Å². The Kier molecular flexibility index (Phi) is 7.84. The quantitative estimate of drug-likeness (QED) is 0.365. The maximum Gasteiger partial charge on any atom is 0.309 e. The van der Waals surface area contributed by atoms with Crippen LogP contribution in [0, 0.1) is 5.92 Å². The lowest BCUT2D eigenvalue weighted by molar-refractivity contribution is -0.136. The van der Waals surface area contributed by atoms with E-state index >= 15 is 0 Å². The zero-order valence-electron chi connectivity index (χ0n) is 17.1. The highest BCUT2D eigenvalue weighted by Gasteiger charge is 2.22. The molecule has 3 rings (SSSR count). The number of carboxylic acid groups (broad SMARTS) is 1. The summed E-state index contributed by atoms with van der Waals surface area (Å²) in [5, 5.41) is 23.1. The largest absolute Gasteiger partial charge is 0.481 e. The molecule has 0 radical (unpaired) electrons. The minimum Gasteiger partial charge on any atom is -0.481 e. The molecule has 11 heteroatoms. The third-order valence-electron chi connectivity index (χ3n) is 4.65. The van der Waals surface area contributed by atoms with Gasteiger partial charge in [0.25, 0.3) is 5.91 Å². The van der Waals surface area contributed by atoms with E-state index in [2.05, 4.69) is 10.3 Å². The molecule has 0 spiro atoms. The first-order valence-corrected chi connectivity index (χ1v) is 11.5. The van der Waals surface area contributed by atoms with E-state index in [1.165, 1.54) is 0 Å². The molecule has 3 N–H and O–H groups in total. The van der Waals surface area contributed by atoms with Crippen molar-refractivity contribution in [2.24, 2.45) is 5.92 Å². The van der Waals surface area contributed by atoms with Crippen molar-refractivity contribution < 1.29 is 19.8 Å². The molecular weight excluding hydrogens is 497 g/mol. The van der Waals surface area contributed by atoms with Crippen molar-refractivity contribution in [1.29, 1.82) is 0 Å². The van der Waals surface area contributed by atoms with Crippen LogP contribution in [-0.4, -0.2) is 31.6 Å². The number of rotatable bonds is 8. The van der Waals surface area contributed by atoms with Gasteiger partial charge in [-0.25, -0.2) is 4.98 Å². The fourth-order valence-corrected chi connectivity index (χ4v) is 4.39. The number of carbonyl (C=O) groups is 2. The molecule has 32 heavy (non-hydrogen) atoms. The van der Waals surface area contributed by atoms with Crippen molar-refractivity contribution in [3.63, 3.8) is 0 Å². The molecule has 170 valence electrons. The summed E-state index contributed by atoms with van der Waals surface area (Å²) >= 11 is 19.1. The lowest BCUT2D eigenvalue weighted by Crippen LogP contribution is -2.17. The molecule has 0 fully saturated rings. The third kappa shape index (κ3) is 5.82. The molecule has 0 bridgehead atoms. The third-order valence-corrected chi connectivity index (χ3v) is 6.64. The second-order valence-corrected chi connectivity index (χ2v) is 9.90. The van der Waals surface area contributed by atoms with Crippen LogP contribution in [0.2, 0.25) is 14.4 Å². The smallest absolute Gasteiger partial charge is 0.309 e. The van der Waals surface area contributed by atoms with E-state index in [1.54, 1.807) is 35.0 Å². The predicted octanol–water partition coefficient (Wildman–Crippen LogP) is 5.52. The number of nitrogens with zero attached hydrogens (tertiary/aromatic N) is 2. The summed E-state index contributed by atoms with van der Waals surface area (Å²) in [7, 11) is 0. The van der Waals surface area contributed by atoms with Crippen LogP contribution in [0.25, 0.3) is 0 Å². The molecule has 1 unspecified atom stereocenters. The van der Waals surface area contributed by atoms with E-state index in [-0.39, 0.29) is 33.2 Å². The van der Waals surface area contributed by atoms with Gasteiger partial charge in [0.2, 0.25) is 0 Å². The van der Waals surface area contributed by atoms with Crippen molar-refractivity contribution in [2.75, 3.05) is 5.32 Å². The summed E-state index contributed by atoms with van der Waals surface area (Å²) in [6, 6.07) is 6.80. The molecule has 0 saturated carbocycles. The van der Waals surface area contributed by atoms with Crippen LogP contribution in [0.5, 0.6) is 0 Å². The SMILES string of the molecule is CC(C)C(O)c1cc(C(=O)Nc2nc(CC(=O)O)c(Cl)s2)n(Cc2ccc(Cl)c(Cl)c2)c1. The van der Waals surface area contributed by atoms with Gasteiger partial charge in [-0.15, -0.1) is 0 Å². The maximum atomic E-state index is 13.0. The number of hydrogen-bond donors (Lipinski definition) is 3. The van der Waals surface area contributed by atoms with Crippen molar-refractivity contribution in [1.82, 2.24) is 9.55 Å². The number of anilines is 1. The number of thiazole rings is 1. The number of hydrogen-bond acceptors (Lipinski definition) is 5. The van der Waals surface area contributed by atoms with Gasteiger partial charge in [0, 0.05) is 12.7 Å². The minimum absolute atomic E-state index is 0.0527. The molecule has 3 aromatic rings. The highest BCUT2D eigenvalue weighted by molar-refractivity contribution is 7.19. The molecule has 0 aliphatic carbocycles. The molecule has 1 atom stereocenters. The van der Waals surface area contributed by atoms with E-state index in [9.17, 15) is 14.7 Å². The zero-order chi connectivity index (χ0) is 23.6. The second kappa shape index (κ2) is 10.2. The first-order chi connectivity index (χ1) is 15.0. The van der Waals surface area contributed by atoms with E-state index in [0.29, 0.717) is 22.2 Å². The number of aromatic nitrogens is 2. The number of amides is 1. The van der Waals surface area contributed by atoms with Crippen LogP contribution in [0.3, 0.4) is 0 Å². The fourth-order valence-electron chi connectivity index (χ4n) is 3.04. The Morgan fingerprint density at radius 1 is 1.19 bits per heavy atom. The Bertz CT molecular complexity index is 1160. The highest BCUT2D eigenvalue weighted by Crippen LogP contribution is 2.30. The molecule has 0 saturated heterocycles. The number of carboxylic acids is 1. The van der Waals surface area contributed by atoms with Crippen LogP contribution in [0.1, 0.15) is 47.3 Å².